The maximum atomic E-state index is 14.1. The molecule has 0 bridgehead atoms. The molecule has 7 rings (SSSR count). The summed E-state index contributed by atoms with van der Waals surface area (Å²) in [6.07, 6.45) is 0.437. The highest BCUT2D eigenvalue weighted by Crippen LogP contribution is 2.45. The first-order valence-electron chi connectivity index (χ1n) is 14.5. The third-order valence-electron chi connectivity index (χ3n) is 8.74. The summed E-state index contributed by atoms with van der Waals surface area (Å²) < 4.78 is 5.37. The fourth-order valence-electron chi connectivity index (χ4n) is 6.55. The molecule has 1 aromatic heterocycles. The van der Waals surface area contributed by atoms with Gasteiger partial charge >= 0.3 is 6.03 Å². The second kappa shape index (κ2) is 10.7. The molecule has 9 nitrogen and oxygen atoms in total. The molecule has 0 saturated carbocycles. The van der Waals surface area contributed by atoms with Crippen molar-refractivity contribution in [3.8, 4) is 0 Å². The van der Waals surface area contributed by atoms with Crippen LogP contribution in [-0.4, -0.2) is 78.1 Å². The van der Waals surface area contributed by atoms with Crippen molar-refractivity contribution in [3.63, 3.8) is 0 Å². The molecule has 2 unspecified atom stereocenters. The maximum Gasteiger partial charge on any atom is 0.332 e. The van der Waals surface area contributed by atoms with Crippen LogP contribution in [0.5, 0.6) is 0 Å². The molecule has 42 heavy (non-hydrogen) atoms. The molecule has 2 fully saturated rings. The Labute approximate surface area is 244 Å². The first-order chi connectivity index (χ1) is 20.5. The topological polar surface area (TPSA) is 98.0 Å². The van der Waals surface area contributed by atoms with E-state index in [-0.39, 0.29) is 17.8 Å². The molecule has 0 spiro atoms. The lowest BCUT2D eigenvalue weighted by Crippen LogP contribution is -2.44. The Morgan fingerprint density at radius 1 is 0.976 bits per heavy atom. The number of fused-ring (bicyclic) bond motifs is 4. The smallest absolute Gasteiger partial charge is 0.332 e. The summed E-state index contributed by atoms with van der Waals surface area (Å²) in [5.41, 5.74) is 6.01. The van der Waals surface area contributed by atoms with Crippen molar-refractivity contribution < 1.29 is 19.1 Å². The summed E-state index contributed by atoms with van der Waals surface area (Å²) in [6.45, 7) is 6.51. The van der Waals surface area contributed by atoms with Crippen molar-refractivity contribution in [2.75, 3.05) is 44.3 Å². The maximum absolute atomic E-state index is 14.1. The van der Waals surface area contributed by atoms with E-state index in [4.69, 9.17) is 4.74 Å². The zero-order valence-electron chi connectivity index (χ0n) is 23.5. The number of carbonyl (C=O) groups excluding carboxylic acids is 3. The number of morpholine rings is 1. The number of amides is 4. The van der Waals surface area contributed by atoms with Gasteiger partial charge in [0.15, 0.2) is 0 Å². The number of aromatic nitrogens is 1. The Morgan fingerprint density at radius 3 is 2.50 bits per heavy atom. The van der Waals surface area contributed by atoms with E-state index in [1.54, 1.807) is 29.2 Å². The van der Waals surface area contributed by atoms with Crippen LogP contribution >= 0.6 is 0 Å². The van der Waals surface area contributed by atoms with Crippen LogP contribution < -0.4 is 10.2 Å². The van der Waals surface area contributed by atoms with Gasteiger partial charge < -0.3 is 15.0 Å². The molecule has 4 heterocycles. The molecule has 3 aliphatic heterocycles. The molecule has 214 valence electrons. The summed E-state index contributed by atoms with van der Waals surface area (Å²) in [5, 5.41) is 4.04. The van der Waals surface area contributed by atoms with Crippen molar-refractivity contribution in [1.29, 1.82) is 0 Å². The summed E-state index contributed by atoms with van der Waals surface area (Å²) in [4.78, 5) is 49.7. The molecule has 2 N–H and O–H groups in total. The SMILES string of the molecule is Cc1ccccc1C1c2[nH]c3ccccc3c2CC2C(=O)N(c3ccc(C(=O)NCCN4CCOCC4)cc3)C(=O)N21. The normalized spacial score (nSPS) is 20.6. The third kappa shape index (κ3) is 4.45. The van der Waals surface area contributed by atoms with Crippen LogP contribution in [0, 0.1) is 6.92 Å². The van der Waals surface area contributed by atoms with Crippen LogP contribution in [-0.2, 0) is 16.0 Å². The molecule has 3 aromatic carbocycles. The number of rotatable bonds is 6. The van der Waals surface area contributed by atoms with Gasteiger partial charge in [-0.3, -0.25) is 19.4 Å². The van der Waals surface area contributed by atoms with Gasteiger partial charge in [-0.1, -0.05) is 42.5 Å². The third-order valence-corrected chi connectivity index (χ3v) is 8.74. The number of benzene rings is 3. The highest BCUT2D eigenvalue weighted by Gasteiger charge is 2.53. The molecular weight excluding hydrogens is 530 g/mol. The van der Waals surface area contributed by atoms with Crippen LogP contribution in [0.2, 0.25) is 0 Å². The molecule has 9 heteroatoms. The van der Waals surface area contributed by atoms with E-state index in [0.29, 0.717) is 24.2 Å². The largest absolute Gasteiger partial charge is 0.379 e. The average molecular weight is 564 g/mol. The minimum atomic E-state index is -0.628. The van der Waals surface area contributed by atoms with Crippen LogP contribution in [0.1, 0.15) is 38.8 Å². The van der Waals surface area contributed by atoms with Gasteiger partial charge in [0.25, 0.3) is 11.8 Å². The Morgan fingerprint density at radius 2 is 1.71 bits per heavy atom. The van der Waals surface area contributed by atoms with Crippen LogP contribution in [0.4, 0.5) is 10.5 Å². The number of imide groups is 1. The predicted molar refractivity (Wildman–Crippen MR) is 160 cm³/mol. The number of H-pyrrole nitrogens is 1. The Kier molecular flexibility index (Phi) is 6.76. The van der Waals surface area contributed by atoms with E-state index < -0.39 is 12.1 Å². The average Bonchev–Trinajstić information content (AvgIpc) is 3.51. The second-order valence-corrected chi connectivity index (χ2v) is 11.2. The van der Waals surface area contributed by atoms with Crippen molar-refractivity contribution in [1.82, 2.24) is 20.1 Å². The number of nitrogens with one attached hydrogen (secondary N) is 2. The van der Waals surface area contributed by atoms with E-state index in [1.165, 1.54) is 4.90 Å². The lowest BCUT2D eigenvalue weighted by Gasteiger charge is -2.36. The van der Waals surface area contributed by atoms with Crippen molar-refractivity contribution in [2.24, 2.45) is 0 Å². The Hall–Kier alpha value is -4.47. The van der Waals surface area contributed by atoms with Gasteiger partial charge in [-0.2, -0.15) is 0 Å². The molecule has 3 aliphatic rings. The molecule has 4 aromatic rings. The van der Waals surface area contributed by atoms with Gasteiger partial charge in [-0.05, 0) is 53.9 Å². The number of carbonyl (C=O) groups is 3. The number of hydrogen-bond acceptors (Lipinski definition) is 5. The predicted octanol–water partition coefficient (Wildman–Crippen LogP) is 4.02. The Bertz CT molecular complexity index is 1670. The van der Waals surface area contributed by atoms with Gasteiger partial charge in [0.2, 0.25) is 0 Å². The molecule has 2 atom stereocenters. The van der Waals surface area contributed by atoms with E-state index in [2.05, 4.69) is 21.3 Å². The zero-order chi connectivity index (χ0) is 28.8. The molecule has 4 amide bonds. The fraction of sp³-hybridized carbons (Fsp3) is 0.303. The number of hydrogen-bond donors (Lipinski definition) is 2. The van der Waals surface area contributed by atoms with Crippen molar-refractivity contribution in [3.05, 3.63) is 101 Å². The van der Waals surface area contributed by atoms with Crippen molar-refractivity contribution >= 4 is 34.4 Å². The number of anilines is 1. The number of aryl methyl sites for hydroxylation is 1. The van der Waals surface area contributed by atoms with Crippen molar-refractivity contribution in [2.45, 2.75) is 25.4 Å². The quantitative estimate of drug-likeness (QED) is 0.346. The van der Waals surface area contributed by atoms with E-state index in [9.17, 15) is 14.4 Å². The lowest BCUT2D eigenvalue weighted by atomic mass is 9.87. The van der Waals surface area contributed by atoms with Gasteiger partial charge in [-0.15, -0.1) is 0 Å². The van der Waals surface area contributed by atoms with E-state index in [1.807, 2.05) is 49.4 Å². The minimum absolute atomic E-state index is 0.184. The summed E-state index contributed by atoms with van der Waals surface area (Å²) >= 11 is 0. The molecule has 0 radical (unpaired) electrons. The first kappa shape index (κ1) is 26.4. The van der Waals surface area contributed by atoms with Gasteiger partial charge in [0, 0.05) is 54.8 Å². The lowest BCUT2D eigenvalue weighted by molar-refractivity contribution is -0.120. The summed E-state index contributed by atoms with van der Waals surface area (Å²) in [7, 11) is 0. The highest BCUT2D eigenvalue weighted by molar-refractivity contribution is 6.22. The fourth-order valence-corrected chi connectivity index (χ4v) is 6.55. The van der Waals surface area contributed by atoms with Gasteiger partial charge in [0.05, 0.1) is 18.9 Å². The number of ether oxygens (including phenoxy) is 1. The minimum Gasteiger partial charge on any atom is -0.379 e. The zero-order valence-corrected chi connectivity index (χ0v) is 23.5. The van der Waals surface area contributed by atoms with Crippen LogP contribution in [0.15, 0.2) is 72.8 Å². The summed E-state index contributed by atoms with van der Waals surface area (Å²) in [5.74, 6) is -0.437. The van der Waals surface area contributed by atoms with Gasteiger partial charge in [0.1, 0.15) is 12.1 Å². The summed E-state index contributed by atoms with van der Waals surface area (Å²) in [6, 6.07) is 21.4. The molecular formula is C33H33N5O4. The van der Waals surface area contributed by atoms with Crippen LogP contribution in [0.3, 0.4) is 0 Å². The highest BCUT2D eigenvalue weighted by atomic mass is 16.5. The first-order valence-corrected chi connectivity index (χ1v) is 14.5. The Balaban J connectivity index is 1.16. The molecule has 2 saturated heterocycles. The van der Waals surface area contributed by atoms with E-state index in [0.717, 1.165) is 66.1 Å². The number of nitrogens with zero attached hydrogens (tertiary/aromatic N) is 3. The molecule has 0 aliphatic carbocycles. The standard InChI is InChI=1S/C33H33N5O4/c1-21-6-2-3-7-24(21)30-29-26(25-8-4-5-9-27(25)35-29)20-28-32(40)37(33(41)38(28)30)23-12-10-22(11-13-23)31(39)34-14-15-36-16-18-42-19-17-36/h2-13,28,30,35H,14-20H2,1H3,(H,34,39). The number of aromatic amines is 1. The van der Waals surface area contributed by atoms with E-state index >= 15 is 0 Å². The van der Waals surface area contributed by atoms with Gasteiger partial charge in [-0.25, -0.2) is 9.69 Å². The van der Waals surface area contributed by atoms with Crippen LogP contribution in [0.25, 0.3) is 10.9 Å². The monoisotopic (exact) mass is 563 g/mol. The number of urea groups is 1. The number of para-hydroxylation sites is 1. The second-order valence-electron chi connectivity index (χ2n) is 11.2.